The molecule has 10 heteroatoms. The van der Waals surface area contributed by atoms with Gasteiger partial charge in [-0.3, -0.25) is 0 Å². The number of rotatable bonds is 8. The second kappa shape index (κ2) is 11.1. The lowest BCUT2D eigenvalue weighted by atomic mass is 10.1. The van der Waals surface area contributed by atoms with Gasteiger partial charge < -0.3 is 19.9 Å². The van der Waals surface area contributed by atoms with Gasteiger partial charge in [0.15, 0.2) is 5.96 Å². The average molecular weight is 438 g/mol. The number of aromatic nitrogens is 3. The number of aliphatic imine (C=N–C) groups is 1. The Morgan fingerprint density at radius 2 is 2.16 bits per heavy atom. The van der Waals surface area contributed by atoms with Crippen molar-refractivity contribution in [1.29, 1.82) is 0 Å². The van der Waals surface area contributed by atoms with Crippen LogP contribution in [-0.2, 0) is 30.4 Å². The van der Waals surface area contributed by atoms with Crippen LogP contribution in [0.4, 0.5) is 13.2 Å². The van der Waals surface area contributed by atoms with Crippen molar-refractivity contribution in [2.45, 2.75) is 58.0 Å². The molecule has 1 aromatic carbocycles. The van der Waals surface area contributed by atoms with E-state index in [1.54, 1.807) is 12.4 Å². The minimum atomic E-state index is -4.37. The highest BCUT2D eigenvalue weighted by Gasteiger charge is 2.30. The maximum absolute atomic E-state index is 13.0. The molecule has 1 aromatic heterocycles. The Kier molecular flexibility index (Phi) is 8.27. The second-order valence-corrected chi connectivity index (χ2v) is 7.45. The van der Waals surface area contributed by atoms with E-state index in [1.165, 1.54) is 6.07 Å². The average Bonchev–Trinajstić information content (AvgIpc) is 3.23. The molecule has 1 aliphatic rings. The Morgan fingerprint density at radius 1 is 1.29 bits per heavy atom. The van der Waals surface area contributed by atoms with E-state index in [0.717, 1.165) is 50.2 Å². The highest BCUT2D eigenvalue weighted by Crippen LogP contribution is 2.29. The summed E-state index contributed by atoms with van der Waals surface area (Å²) in [5, 5.41) is 14.5. The molecule has 0 bridgehead atoms. The number of ether oxygens (including phenoxy) is 1. The van der Waals surface area contributed by atoms with E-state index in [1.807, 2.05) is 11.5 Å². The van der Waals surface area contributed by atoms with Gasteiger partial charge in [-0.2, -0.15) is 13.2 Å². The molecule has 0 aliphatic carbocycles. The summed E-state index contributed by atoms with van der Waals surface area (Å²) < 4.78 is 46.6. The lowest BCUT2D eigenvalue weighted by molar-refractivity contribution is -0.137. The number of benzene rings is 1. The molecule has 2 N–H and O–H groups in total. The lowest BCUT2D eigenvalue weighted by Gasteiger charge is -2.24. The molecule has 0 spiro atoms. The topological polar surface area (TPSA) is 76.4 Å². The summed E-state index contributed by atoms with van der Waals surface area (Å²) >= 11 is 0. The minimum Gasteiger partial charge on any atom is -0.376 e. The zero-order valence-corrected chi connectivity index (χ0v) is 17.7. The Balaban J connectivity index is 1.62. The first-order chi connectivity index (χ1) is 15.0. The Hall–Kier alpha value is -2.62. The zero-order valence-electron chi connectivity index (χ0n) is 17.7. The van der Waals surface area contributed by atoms with Crippen molar-refractivity contribution < 1.29 is 17.9 Å². The van der Waals surface area contributed by atoms with Crippen LogP contribution in [0.2, 0.25) is 0 Å². The summed E-state index contributed by atoms with van der Waals surface area (Å²) in [5.74, 6) is 1.44. The fraction of sp³-hybridized carbons (Fsp3) is 0.571. The van der Waals surface area contributed by atoms with Crippen LogP contribution in [0.1, 0.15) is 43.1 Å². The summed E-state index contributed by atoms with van der Waals surface area (Å²) in [4.78, 5) is 4.49. The maximum atomic E-state index is 13.0. The first kappa shape index (κ1) is 23.1. The first-order valence-corrected chi connectivity index (χ1v) is 10.6. The molecule has 1 saturated heterocycles. The van der Waals surface area contributed by atoms with Gasteiger partial charge in [0.05, 0.1) is 18.2 Å². The van der Waals surface area contributed by atoms with E-state index in [9.17, 15) is 13.2 Å². The summed E-state index contributed by atoms with van der Waals surface area (Å²) in [5.41, 5.74) is -0.171. The number of hydrogen-bond acceptors (Lipinski definition) is 4. The van der Waals surface area contributed by atoms with Gasteiger partial charge in [-0.25, -0.2) is 4.99 Å². The smallest absolute Gasteiger partial charge is 0.376 e. The quantitative estimate of drug-likeness (QED) is 0.489. The van der Waals surface area contributed by atoms with Gasteiger partial charge in [0, 0.05) is 32.7 Å². The van der Waals surface area contributed by atoms with Gasteiger partial charge in [-0.15, -0.1) is 10.2 Å². The molecule has 3 rings (SSSR count). The van der Waals surface area contributed by atoms with Gasteiger partial charge in [0.25, 0.3) is 0 Å². The van der Waals surface area contributed by atoms with E-state index >= 15 is 0 Å². The molecule has 170 valence electrons. The molecule has 1 aliphatic heterocycles. The van der Waals surface area contributed by atoms with E-state index < -0.39 is 11.7 Å². The van der Waals surface area contributed by atoms with Gasteiger partial charge in [-0.1, -0.05) is 19.1 Å². The van der Waals surface area contributed by atoms with Crippen LogP contribution in [0.25, 0.3) is 0 Å². The number of aryl methyl sites for hydroxylation is 1. The molecule has 7 nitrogen and oxygen atoms in total. The summed E-state index contributed by atoms with van der Waals surface area (Å²) in [6, 6.07) is 5.25. The zero-order chi connectivity index (χ0) is 22.1. The predicted octanol–water partition coefficient (Wildman–Crippen LogP) is 3.16. The third-order valence-electron chi connectivity index (χ3n) is 5.10. The molecule has 2 heterocycles. The fourth-order valence-corrected chi connectivity index (χ4v) is 3.40. The van der Waals surface area contributed by atoms with Crippen LogP contribution in [0, 0.1) is 0 Å². The minimum absolute atomic E-state index is 0.110. The molecule has 0 amide bonds. The normalized spacial score (nSPS) is 17.5. The van der Waals surface area contributed by atoms with Crippen LogP contribution < -0.4 is 10.6 Å². The summed E-state index contributed by atoms with van der Waals surface area (Å²) in [7, 11) is 0. The summed E-state index contributed by atoms with van der Waals surface area (Å²) in [6.07, 6.45) is 1.39. The van der Waals surface area contributed by atoms with Gasteiger partial charge in [0.1, 0.15) is 12.2 Å². The second-order valence-electron chi connectivity index (χ2n) is 7.45. The molecule has 1 fully saturated rings. The van der Waals surface area contributed by atoms with Crippen molar-refractivity contribution >= 4 is 5.96 Å². The highest BCUT2D eigenvalue weighted by molar-refractivity contribution is 5.79. The van der Waals surface area contributed by atoms with Crippen molar-refractivity contribution in [2.75, 3.05) is 19.7 Å². The van der Waals surface area contributed by atoms with Crippen molar-refractivity contribution in [3.8, 4) is 0 Å². The Labute approximate surface area is 180 Å². The number of guanidine groups is 1. The van der Waals surface area contributed by atoms with E-state index in [0.29, 0.717) is 31.2 Å². The molecular weight excluding hydrogens is 409 g/mol. The van der Waals surface area contributed by atoms with Crippen LogP contribution in [-0.4, -0.2) is 46.5 Å². The predicted molar refractivity (Wildman–Crippen MR) is 112 cm³/mol. The largest absolute Gasteiger partial charge is 0.416 e. The molecular formula is C21H29F3N6O. The molecule has 2 aromatic rings. The highest BCUT2D eigenvalue weighted by atomic mass is 19.4. The van der Waals surface area contributed by atoms with E-state index in [-0.39, 0.29) is 12.6 Å². The SMILES string of the molecule is CCc1nncn1CCNC(=NCc1cccc(C(F)(F)F)c1)NCC1CCCCO1. The van der Waals surface area contributed by atoms with Crippen LogP contribution in [0.15, 0.2) is 35.6 Å². The van der Waals surface area contributed by atoms with E-state index in [2.05, 4.69) is 25.8 Å². The molecule has 1 unspecified atom stereocenters. The number of hydrogen-bond donors (Lipinski definition) is 2. The fourth-order valence-electron chi connectivity index (χ4n) is 3.40. The maximum Gasteiger partial charge on any atom is 0.416 e. The van der Waals surface area contributed by atoms with Crippen LogP contribution in [0.3, 0.4) is 0 Å². The van der Waals surface area contributed by atoms with Crippen molar-refractivity contribution in [3.05, 3.63) is 47.5 Å². The third-order valence-corrected chi connectivity index (χ3v) is 5.10. The van der Waals surface area contributed by atoms with Crippen molar-refractivity contribution in [1.82, 2.24) is 25.4 Å². The van der Waals surface area contributed by atoms with Crippen LogP contribution >= 0.6 is 0 Å². The molecule has 1 atom stereocenters. The van der Waals surface area contributed by atoms with Crippen molar-refractivity contribution in [2.24, 2.45) is 4.99 Å². The first-order valence-electron chi connectivity index (χ1n) is 10.6. The summed E-state index contributed by atoms with van der Waals surface area (Å²) in [6.45, 7) is 4.73. The Morgan fingerprint density at radius 3 is 2.90 bits per heavy atom. The molecule has 0 saturated carbocycles. The third kappa shape index (κ3) is 7.23. The molecule has 31 heavy (non-hydrogen) atoms. The number of halogens is 3. The van der Waals surface area contributed by atoms with Gasteiger partial charge in [0.2, 0.25) is 0 Å². The van der Waals surface area contributed by atoms with Crippen molar-refractivity contribution in [3.63, 3.8) is 0 Å². The van der Waals surface area contributed by atoms with E-state index in [4.69, 9.17) is 4.74 Å². The number of alkyl halides is 3. The van der Waals surface area contributed by atoms with Crippen LogP contribution in [0.5, 0.6) is 0 Å². The standard InChI is InChI=1S/C21H29F3N6O/c1-2-19-29-28-15-30(19)10-9-25-20(27-14-18-8-3-4-11-31-18)26-13-16-6-5-7-17(12-16)21(22,23)24/h5-7,12,15,18H,2-4,8-11,13-14H2,1H3,(H2,25,26,27). The van der Waals surface area contributed by atoms with Gasteiger partial charge in [-0.05, 0) is 37.0 Å². The van der Waals surface area contributed by atoms with Gasteiger partial charge >= 0.3 is 6.18 Å². The lowest BCUT2D eigenvalue weighted by Crippen LogP contribution is -2.43. The monoisotopic (exact) mass is 438 g/mol. The Bertz CT molecular complexity index is 846. The number of nitrogens with zero attached hydrogens (tertiary/aromatic N) is 4. The number of nitrogens with one attached hydrogen (secondary N) is 2. The molecule has 0 radical (unpaired) electrons.